The number of aromatic amines is 1. The van der Waals surface area contributed by atoms with Gasteiger partial charge in [0.15, 0.2) is 10.7 Å². The van der Waals surface area contributed by atoms with Crippen molar-refractivity contribution in [3.05, 3.63) is 21.9 Å². The number of hydrogen-bond acceptors (Lipinski definition) is 4. The maximum absolute atomic E-state index is 10.6. The second-order valence-electron chi connectivity index (χ2n) is 1.89. The maximum Gasteiger partial charge on any atom is 0.417 e. The number of oxazole rings is 1. The average molecular weight is 172 g/mol. The molecule has 1 N–H and O–H groups in total. The zero-order chi connectivity index (χ0) is 7.84. The first kappa shape index (κ1) is 6.36. The highest BCUT2D eigenvalue weighted by Crippen LogP contribution is 2.15. The van der Waals surface area contributed by atoms with Crippen molar-refractivity contribution in [3.8, 4) is 0 Å². The van der Waals surface area contributed by atoms with E-state index in [-0.39, 0.29) is 10.7 Å². The lowest BCUT2D eigenvalue weighted by atomic mass is 10.5. The molecule has 0 aromatic carbocycles. The van der Waals surface area contributed by atoms with E-state index in [1.807, 2.05) is 0 Å². The Bertz CT molecular complexity index is 446. The summed E-state index contributed by atoms with van der Waals surface area (Å²) in [6, 6.07) is 0. The van der Waals surface area contributed by atoms with Crippen LogP contribution in [-0.4, -0.2) is 15.2 Å². The van der Waals surface area contributed by atoms with Gasteiger partial charge in [0.2, 0.25) is 0 Å². The second-order valence-corrected chi connectivity index (χ2v) is 2.25. The minimum atomic E-state index is -0.559. The maximum atomic E-state index is 10.6. The van der Waals surface area contributed by atoms with E-state index in [1.54, 1.807) is 0 Å². The van der Waals surface area contributed by atoms with Crippen molar-refractivity contribution in [1.29, 1.82) is 0 Å². The Labute approximate surface area is 65.0 Å². The normalized spacial score (nSPS) is 10.6. The molecule has 56 valence electrons. The Hall–Kier alpha value is -1.36. The molecule has 5 nitrogen and oxygen atoms in total. The lowest BCUT2D eigenvalue weighted by Crippen LogP contribution is -1.92. The molecule has 2 rings (SSSR count). The first-order valence-electron chi connectivity index (χ1n) is 2.77. The summed E-state index contributed by atoms with van der Waals surface area (Å²) in [5, 5.41) is 7.08. The van der Waals surface area contributed by atoms with Crippen LogP contribution in [0.4, 0.5) is 0 Å². The summed E-state index contributed by atoms with van der Waals surface area (Å²) >= 11 is 5.54. The molecule has 0 fully saturated rings. The second kappa shape index (κ2) is 2.06. The molecule has 0 aliphatic heterocycles. The van der Waals surface area contributed by atoms with E-state index in [0.29, 0.717) is 5.52 Å². The lowest BCUT2D eigenvalue weighted by molar-refractivity contribution is 0.554. The van der Waals surface area contributed by atoms with E-state index >= 15 is 0 Å². The third-order valence-corrected chi connectivity index (χ3v) is 1.44. The van der Waals surface area contributed by atoms with Crippen LogP contribution in [0, 0.1) is 0 Å². The summed E-state index contributed by atoms with van der Waals surface area (Å²) in [5.74, 6) is -0.559. The number of aromatic nitrogens is 3. The molecule has 2 heterocycles. The minimum absolute atomic E-state index is 0.0841. The zero-order valence-corrected chi connectivity index (χ0v) is 5.92. The van der Waals surface area contributed by atoms with Crippen LogP contribution in [0.3, 0.4) is 0 Å². The highest BCUT2D eigenvalue weighted by Gasteiger charge is 2.05. The molecular weight excluding hydrogens is 170 g/mol. The number of halogens is 1. The molecule has 6 heteroatoms. The van der Waals surface area contributed by atoms with Gasteiger partial charge in [-0.15, -0.1) is 5.10 Å². The van der Waals surface area contributed by atoms with Gasteiger partial charge < -0.3 is 4.42 Å². The van der Waals surface area contributed by atoms with Gasteiger partial charge in [-0.05, 0) is 0 Å². The van der Waals surface area contributed by atoms with Gasteiger partial charge in [-0.1, -0.05) is 11.6 Å². The lowest BCUT2D eigenvalue weighted by Gasteiger charge is -1.84. The number of nitrogens with zero attached hydrogens (tertiary/aromatic N) is 2. The molecule has 0 aliphatic carbocycles. The minimum Gasteiger partial charge on any atom is -0.404 e. The summed E-state index contributed by atoms with van der Waals surface area (Å²) < 4.78 is 4.65. The standard InChI is InChI=1S/C5H2ClN3O2/c6-4-3-2(1-7-9-4)8-5(10)11-3/h1H,(H,8,10). The molecule has 0 atom stereocenters. The van der Waals surface area contributed by atoms with E-state index in [4.69, 9.17) is 11.6 Å². The molecular formula is C5H2ClN3O2. The Morgan fingerprint density at radius 2 is 2.45 bits per heavy atom. The van der Waals surface area contributed by atoms with Gasteiger partial charge in [-0.3, -0.25) is 4.98 Å². The molecule has 0 saturated carbocycles. The number of nitrogens with one attached hydrogen (secondary N) is 1. The first-order chi connectivity index (χ1) is 5.27. The SMILES string of the molecule is O=c1[nH]c2cnnc(Cl)c2o1. The molecule has 0 bridgehead atoms. The third kappa shape index (κ3) is 0.894. The van der Waals surface area contributed by atoms with Crippen LogP contribution in [-0.2, 0) is 0 Å². The van der Waals surface area contributed by atoms with Gasteiger partial charge >= 0.3 is 5.76 Å². The molecule has 11 heavy (non-hydrogen) atoms. The molecule has 0 aliphatic rings. The Balaban J connectivity index is 3.01. The van der Waals surface area contributed by atoms with Gasteiger partial charge in [0, 0.05) is 0 Å². The van der Waals surface area contributed by atoms with Crippen molar-refractivity contribution in [2.45, 2.75) is 0 Å². The number of fused-ring (bicyclic) bond motifs is 1. The zero-order valence-electron chi connectivity index (χ0n) is 5.17. The van der Waals surface area contributed by atoms with Gasteiger partial charge in [-0.25, -0.2) is 4.79 Å². The fourth-order valence-electron chi connectivity index (χ4n) is 0.767. The average Bonchev–Trinajstić information content (AvgIpc) is 2.31. The van der Waals surface area contributed by atoms with Gasteiger partial charge in [-0.2, -0.15) is 5.10 Å². The molecule has 0 spiro atoms. The Morgan fingerprint density at radius 3 is 3.18 bits per heavy atom. The molecule has 0 radical (unpaired) electrons. The van der Waals surface area contributed by atoms with Gasteiger partial charge in [0.25, 0.3) is 0 Å². The van der Waals surface area contributed by atoms with Crippen LogP contribution in [0.5, 0.6) is 0 Å². The van der Waals surface area contributed by atoms with Crippen LogP contribution in [0.25, 0.3) is 11.1 Å². The Morgan fingerprint density at radius 1 is 1.64 bits per heavy atom. The van der Waals surface area contributed by atoms with Crippen LogP contribution < -0.4 is 5.76 Å². The van der Waals surface area contributed by atoms with Gasteiger partial charge in [0.1, 0.15) is 5.52 Å². The predicted molar refractivity (Wildman–Crippen MR) is 37.4 cm³/mol. The van der Waals surface area contributed by atoms with E-state index in [9.17, 15) is 4.79 Å². The smallest absolute Gasteiger partial charge is 0.404 e. The van der Waals surface area contributed by atoms with Crippen molar-refractivity contribution in [2.24, 2.45) is 0 Å². The molecule has 0 amide bonds. The number of H-pyrrole nitrogens is 1. The topological polar surface area (TPSA) is 71.8 Å². The van der Waals surface area contributed by atoms with Crippen molar-refractivity contribution >= 4 is 22.7 Å². The first-order valence-corrected chi connectivity index (χ1v) is 3.15. The highest BCUT2D eigenvalue weighted by atomic mass is 35.5. The van der Waals surface area contributed by atoms with E-state index in [1.165, 1.54) is 6.20 Å². The Kier molecular flexibility index (Phi) is 1.19. The third-order valence-electron chi connectivity index (χ3n) is 1.20. The summed E-state index contributed by atoms with van der Waals surface area (Å²) in [6.45, 7) is 0. The van der Waals surface area contributed by atoms with Crippen LogP contribution in [0.1, 0.15) is 0 Å². The number of rotatable bonds is 0. The largest absolute Gasteiger partial charge is 0.417 e. The molecule has 2 aromatic rings. The summed E-state index contributed by atoms with van der Waals surface area (Å²) in [4.78, 5) is 13.0. The van der Waals surface area contributed by atoms with Crippen LogP contribution >= 0.6 is 11.6 Å². The van der Waals surface area contributed by atoms with Crippen molar-refractivity contribution in [1.82, 2.24) is 15.2 Å². The quantitative estimate of drug-likeness (QED) is 0.629. The number of hydrogen-bond donors (Lipinski definition) is 1. The summed E-state index contributed by atoms with van der Waals surface area (Å²) in [5.41, 5.74) is 0.696. The van der Waals surface area contributed by atoms with Crippen LogP contribution in [0.2, 0.25) is 5.15 Å². The fourth-order valence-corrected chi connectivity index (χ4v) is 0.951. The summed E-state index contributed by atoms with van der Waals surface area (Å²) in [7, 11) is 0. The fraction of sp³-hybridized carbons (Fsp3) is 0. The van der Waals surface area contributed by atoms with E-state index in [0.717, 1.165) is 0 Å². The summed E-state index contributed by atoms with van der Waals surface area (Å²) in [6.07, 6.45) is 1.37. The van der Waals surface area contributed by atoms with Crippen molar-refractivity contribution in [2.75, 3.05) is 0 Å². The molecule has 0 unspecified atom stereocenters. The highest BCUT2D eigenvalue weighted by molar-refractivity contribution is 6.33. The van der Waals surface area contributed by atoms with Crippen molar-refractivity contribution < 1.29 is 4.42 Å². The molecule has 0 saturated heterocycles. The predicted octanol–water partition coefficient (Wildman–Crippen LogP) is 0.564. The van der Waals surface area contributed by atoms with E-state index in [2.05, 4.69) is 19.6 Å². The van der Waals surface area contributed by atoms with Gasteiger partial charge in [0.05, 0.1) is 6.20 Å². The van der Waals surface area contributed by atoms with Crippen LogP contribution in [0.15, 0.2) is 15.4 Å². The molecule has 2 aromatic heterocycles. The monoisotopic (exact) mass is 171 g/mol. The van der Waals surface area contributed by atoms with E-state index < -0.39 is 5.76 Å². The van der Waals surface area contributed by atoms with Crippen molar-refractivity contribution in [3.63, 3.8) is 0 Å².